The number of fused-ring (bicyclic) bond motifs is 1. The van der Waals surface area contributed by atoms with Crippen molar-refractivity contribution in [2.24, 2.45) is 0 Å². The summed E-state index contributed by atoms with van der Waals surface area (Å²) in [6.45, 7) is 1.50. The Balaban J connectivity index is 1.24. The number of allylic oxidation sites excluding steroid dienone is 1. The number of carbonyl (C=O) groups is 1. The van der Waals surface area contributed by atoms with Crippen molar-refractivity contribution in [1.29, 1.82) is 0 Å². The van der Waals surface area contributed by atoms with Crippen LogP contribution in [0, 0.1) is 0 Å². The maximum atomic E-state index is 12.2. The molecule has 1 N–H and O–H groups in total. The van der Waals surface area contributed by atoms with Crippen LogP contribution in [0.3, 0.4) is 0 Å². The Labute approximate surface area is 207 Å². The van der Waals surface area contributed by atoms with Crippen LogP contribution in [-0.2, 0) is 24.2 Å². The molecule has 0 bridgehead atoms. The average Bonchev–Trinajstić information content (AvgIpc) is 3.24. The number of imidazole rings is 1. The normalized spacial score (nSPS) is 11.2. The van der Waals surface area contributed by atoms with Crippen molar-refractivity contribution < 1.29 is 9.53 Å². The summed E-state index contributed by atoms with van der Waals surface area (Å²) in [5, 5.41) is 3.03. The van der Waals surface area contributed by atoms with Gasteiger partial charge in [0.1, 0.15) is 11.6 Å². The molecule has 0 saturated heterocycles. The van der Waals surface area contributed by atoms with E-state index in [2.05, 4.69) is 64.5 Å². The van der Waals surface area contributed by atoms with Crippen LogP contribution in [0.15, 0.2) is 84.9 Å². The molecule has 3 aromatic carbocycles. The quantitative estimate of drug-likeness (QED) is 0.267. The molecule has 0 unspecified atom stereocenters. The van der Waals surface area contributed by atoms with Crippen LogP contribution in [0.2, 0.25) is 0 Å². The Morgan fingerprint density at radius 3 is 2.51 bits per heavy atom. The first-order chi connectivity index (χ1) is 17.2. The molecule has 4 aromatic rings. The Kier molecular flexibility index (Phi) is 8.71. The van der Waals surface area contributed by atoms with Crippen molar-refractivity contribution in [2.45, 2.75) is 38.6 Å². The van der Waals surface area contributed by atoms with Gasteiger partial charge in [-0.25, -0.2) is 4.98 Å². The summed E-state index contributed by atoms with van der Waals surface area (Å²) >= 11 is 0. The molecule has 5 nitrogen and oxygen atoms in total. The zero-order valence-electron chi connectivity index (χ0n) is 20.3. The molecule has 0 aliphatic heterocycles. The lowest BCUT2D eigenvalue weighted by Gasteiger charge is -2.08. The van der Waals surface area contributed by atoms with E-state index in [-0.39, 0.29) is 5.91 Å². The molecule has 35 heavy (non-hydrogen) atoms. The van der Waals surface area contributed by atoms with Gasteiger partial charge in [-0.05, 0) is 48.2 Å². The van der Waals surface area contributed by atoms with Crippen LogP contribution in [0.5, 0.6) is 5.75 Å². The lowest BCUT2D eigenvalue weighted by molar-refractivity contribution is -0.120. The largest absolute Gasteiger partial charge is 0.497 e. The molecule has 0 saturated carbocycles. The van der Waals surface area contributed by atoms with Gasteiger partial charge in [0.15, 0.2) is 0 Å². The average molecular weight is 468 g/mol. The number of nitrogens with one attached hydrogen (secondary N) is 1. The maximum absolute atomic E-state index is 12.2. The Bertz CT molecular complexity index is 1240. The van der Waals surface area contributed by atoms with Crippen molar-refractivity contribution in [3.8, 4) is 5.75 Å². The van der Waals surface area contributed by atoms with E-state index < -0.39 is 0 Å². The summed E-state index contributed by atoms with van der Waals surface area (Å²) in [6.07, 6.45) is 8.73. The van der Waals surface area contributed by atoms with Crippen LogP contribution in [0.4, 0.5) is 0 Å². The zero-order chi connectivity index (χ0) is 24.3. The molecule has 1 aromatic heterocycles. The fourth-order valence-corrected chi connectivity index (χ4v) is 4.18. The van der Waals surface area contributed by atoms with Crippen LogP contribution in [0.1, 0.15) is 36.2 Å². The van der Waals surface area contributed by atoms with E-state index in [1.54, 1.807) is 7.11 Å². The highest BCUT2D eigenvalue weighted by molar-refractivity contribution is 5.78. The Hall–Kier alpha value is -3.86. The number of benzene rings is 3. The van der Waals surface area contributed by atoms with E-state index in [9.17, 15) is 4.79 Å². The third-order valence-corrected chi connectivity index (χ3v) is 6.05. The second kappa shape index (κ2) is 12.6. The van der Waals surface area contributed by atoms with E-state index in [1.807, 2.05) is 36.4 Å². The molecule has 5 heteroatoms. The summed E-state index contributed by atoms with van der Waals surface area (Å²) < 4.78 is 7.47. The van der Waals surface area contributed by atoms with Crippen LogP contribution in [0.25, 0.3) is 17.1 Å². The minimum atomic E-state index is 0.0576. The molecule has 0 aliphatic carbocycles. The van der Waals surface area contributed by atoms with E-state index >= 15 is 0 Å². The number of unbranched alkanes of at least 4 members (excludes halogenated alkanes) is 2. The van der Waals surface area contributed by atoms with Gasteiger partial charge >= 0.3 is 0 Å². The zero-order valence-corrected chi connectivity index (χ0v) is 20.3. The minimum absolute atomic E-state index is 0.0576. The minimum Gasteiger partial charge on any atom is -0.497 e. The number of carbonyl (C=O) groups excluding carboxylic acids is 1. The number of hydrogen-bond donors (Lipinski definition) is 1. The van der Waals surface area contributed by atoms with Gasteiger partial charge in [-0.3, -0.25) is 4.79 Å². The van der Waals surface area contributed by atoms with Gasteiger partial charge < -0.3 is 14.6 Å². The molecule has 4 rings (SSSR count). The van der Waals surface area contributed by atoms with Gasteiger partial charge in [0, 0.05) is 19.5 Å². The summed E-state index contributed by atoms with van der Waals surface area (Å²) in [5.74, 6) is 1.98. The molecule has 0 aliphatic rings. The monoisotopic (exact) mass is 467 g/mol. The fourth-order valence-electron chi connectivity index (χ4n) is 4.18. The van der Waals surface area contributed by atoms with Crippen molar-refractivity contribution >= 4 is 23.0 Å². The Morgan fingerprint density at radius 1 is 0.943 bits per heavy atom. The summed E-state index contributed by atoms with van der Waals surface area (Å²) in [7, 11) is 1.64. The first-order valence-corrected chi connectivity index (χ1v) is 12.3. The predicted molar refractivity (Wildman–Crippen MR) is 142 cm³/mol. The van der Waals surface area contributed by atoms with Gasteiger partial charge in [0.2, 0.25) is 5.91 Å². The van der Waals surface area contributed by atoms with E-state index in [0.29, 0.717) is 13.0 Å². The third-order valence-electron chi connectivity index (χ3n) is 6.05. The molecule has 0 radical (unpaired) electrons. The highest BCUT2D eigenvalue weighted by Crippen LogP contribution is 2.18. The van der Waals surface area contributed by atoms with Crippen LogP contribution in [-0.4, -0.2) is 29.1 Å². The number of ether oxygens (including phenoxy) is 1. The number of nitrogens with zero attached hydrogens (tertiary/aromatic N) is 2. The van der Waals surface area contributed by atoms with Gasteiger partial charge in [-0.1, -0.05) is 73.2 Å². The number of amides is 1. The van der Waals surface area contributed by atoms with Crippen molar-refractivity contribution in [3.63, 3.8) is 0 Å². The number of methoxy groups -OCH3 is 1. The van der Waals surface area contributed by atoms with Gasteiger partial charge in [0.25, 0.3) is 0 Å². The third kappa shape index (κ3) is 7.06. The molecule has 0 spiro atoms. The first kappa shape index (κ1) is 24.3. The molecule has 0 atom stereocenters. The predicted octanol–water partition coefficient (Wildman–Crippen LogP) is 5.83. The Morgan fingerprint density at radius 2 is 1.71 bits per heavy atom. The van der Waals surface area contributed by atoms with Crippen molar-refractivity contribution in [1.82, 2.24) is 14.9 Å². The second-order valence-corrected chi connectivity index (χ2v) is 8.63. The molecular weight excluding hydrogens is 434 g/mol. The fraction of sp³-hybridized carbons (Fsp3) is 0.267. The molecule has 1 amide bonds. The number of aromatic nitrogens is 2. The molecular formula is C30H33N3O2. The van der Waals surface area contributed by atoms with Crippen molar-refractivity contribution in [3.05, 3.63) is 102 Å². The first-order valence-electron chi connectivity index (χ1n) is 12.3. The number of aryl methyl sites for hydroxylation is 1. The molecule has 180 valence electrons. The summed E-state index contributed by atoms with van der Waals surface area (Å²) in [4.78, 5) is 17.1. The van der Waals surface area contributed by atoms with Gasteiger partial charge in [-0.2, -0.15) is 0 Å². The number of para-hydroxylation sites is 2. The lowest BCUT2D eigenvalue weighted by Crippen LogP contribution is -2.26. The smallest absolute Gasteiger partial charge is 0.224 e. The van der Waals surface area contributed by atoms with E-state index in [1.165, 1.54) is 11.1 Å². The van der Waals surface area contributed by atoms with E-state index in [4.69, 9.17) is 9.72 Å². The molecule has 1 heterocycles. The summed E-state index contributed by atoms with van der Waals surface area (Å²) in [5.41, 5.74) is 4.41. The topological polar surface area (TPSA) is 56.1 Å². The standard InChI is InChI=1S/C30H33N3O2/c1-35-26-19-17-25(18-20-26)23-30(34)31-21-9-3-6-16-29-32-27-14-7-8-15-28(27)33(29)22-10-13-24-11-4-2-5-12-24/h2,4-5,7-8,10-15,17-20H,3,6,9,16,21-23H2,1H3,(H,31,34)/b13-10+. The SMILES string of the molecule is COc1ccc(CC(=O)NCCCCCc2nc3ccccc3n2C/C=C/c2ccccc2)cc1. The number of rotatable bonds is 12. The van der Waals surface area contributed by atoms with Gasteiger partial charge in [0.05, 0.1) is 24.6 Å². The van der Waals surface area contributed by atoms with E-state index in [0.717, 1.165) is 54.9 Å². The highest BCUT2D eigenvalue weighted by Gasteiger charge is 2.09. The lowest BCUT2D eigenvalue weighted by atomic mass is 10.1. The summed E-state index contributed by atoms with van der Waals surface area (Å²) in [6, 6.07) is 26.3. The second-order valence-electron chi connectivity index (χ2n) is 8.63. The van der Waals surface area contributed by atoms with Crippen LogP contribution >= 0.6 is 0 Å². The van der Waals surface area contributed by atoms with Gasteiger partial charge in [-0.15, -0.1) is 0 Å². The van der Waals surface area contributed by atoms with Crippen LogP contribution < -0.4 is 10.1 Å². The maximum Gasteiger partial charge on any atom is 0.224 e. The molecule has 0 fully saturated rings. The number of hydrogen-bond acceptors (Lipinski definition) is 3. The van der Waals surface area contributed by atoms with Crippen molar-refractivity contribution in [2.75, 3.05) is 13.7 Å². The highest BCUT2D eigenvalue weighted by atomic mass is 16.5.